The van der Waals surface area contributed by atoms with E-state index in [2.05, 4.69) is 4.84 Å². The highest BCUT2D eigenvalue weighted by molar-refractivity contribution is 5.19. The molecule has 0 aromatic heterocycles. The van der Waals surface area contributed by atoms with Gasteiger partial charge in [-0.2, -0.15) is 0 Å². The molecule has 0 aliphatic rings. The summed E-state index contributed by atoms with van der Waals surface area (Å²) >= 11 is 0. The lowest BCUT2D eigenvalue weighted by Crippen LogP contribution is -2.50. The number of benzene rings is 1. The Morgan fingerprint density at radius 3 is 2.09 bits per heavy atom. The molecule has 0 saturated carbocycles. The number of hydrogen-bond donors (Lipinski definition) is 3. The highest BCUT2D eigenvalue weighted by atomic mass is 16.7. The smallest absolute Gasteiger partial charge is 0.215 e. The third-order valence-corrected chi connectivity index (χ3v) is 1.42. The van der Waals surface area contributed by atoms with Crippen LogP contribution in [0.15, 0.2) is 30.3 Å². The fourth-order valence-electron chi connectivity index (χ4n) is 0.767. The zero-order valence-corrected chi connectivity index (χ0v) is 6.03. The van der Waals surface area contributed by atoms with Crippen LogP contribution in [0.1, 0.15) is 5.56 Å². The second-order valence-electron chi connectivity index (χ2n) is 2.28. The Bertz CT molecular complexity index is 222. The van der Waals surface area contributed by atoms with Gasteiger partial charge in [0, 0.05) is 5.56 Å². The second-order valence-corrected chi connectivity index (χ2v) is 2.28. The zero-order chi connectivity index (χ0) is 8.32. The van der Waals surface area contributed by atoms with E-state index in [1.54, 1.807) is 12.1 Å². The first-order chi connectivity index (χ1) is 5.17. The summed E-state index contributed by atoms with van der Waals surface area (Å²) in [5.74, 6) is 3.50. The van der Waals surface area contributed by atoms with Crippen LogP contribution in [-0.2, 0) is 10.7 Å². The van der Waals surface area contributed by atoms with E-state index in [-0.39, 0.29) is 0 Å². The van der Waals surface area contributed by atoms with Crippen LogP contribution < -0.4 is 17.4 Å². The largest absolute Gasteiger partial charge is 0.285 e. The Hall–Kier alpha value is -0.940. The maximum Gasteiger partial charge on any atom is 0.215 e. The lowest BCUT2D eigenvalue weighted by atomic mass is 10.1. The van der Waals surface area contributed by atoms with E-state index >= 15 is 0 Å². The third-order valence-electron chi connectivity index (χ3n) is 1.42. The van der Waals surface area contributed by atoms with E-state index in [0.29, 0.717) is 5.56 Å². The lowest BCUT2D eigenvalue weighted by Gasteiger charge is -2.21. The highest BCUT2D eigenvalue weighted by Gasteiger charge is 2.20. The maximum absolute atomic E-state index is 5.47. The van der Waals surface area contributed by atoms with E-state index in [1.807, 2.05) is 18.2 Å². The number of hydrogen-bond acceptors (Lipinski definition) is 4. The molecule has 11 heavy (non-hydrogen) atoms. The van der Waals surface area contributed by atoms with Gasteiger partial charge in [0.2, 0.25) is 5.85 Å². The van der Waals surface area contributed by atoms with Crippen LogP contribution in [0, 0.1) is 0 Å². The molecule has 0 fully saturated rings. The van der Waals surface area contributed by atoms with Crippen molar-refractivity contribution in [3.8, 4) is 0 Å². The summed E-state index contributed by atoms with van der Waals surface area (Å²) in [4.78, 5) is 4.38. The summed E-state index contributed by atoms with van der Waals surface area (Å²) in [6.07, 6.45) is 0. The molecule has 1 rings (SSSR count). The second kappa shape index (κ2) is 2.98. The van der Waals surface area contributed by atoms with Gasteiger partial charge in [-0.05, 0) is 0 Å². The third kappa shape index (κ3) is 1.75. The minimum atomic E-state index is -1.39. The van der Waals surface area contributed by atoms with Gasteiger partial charge in [-0.1, -0.05) is 30.3 Å². The Morgan fingerprint density at radius 2 is 1.64 bits per heavy atom. The summed E-state index contributed by atoms with van der Waals surface area (Å²) in [6, 6.07) is 8.96. The predicted octanol–water partition coefficient (Wildman–Crippen LogP) is -0.395. The van der Waals surface area contributed by atoms with Crippen molar-refractivity contribution in [2.75, 3.05) is 0 Å². The van der Waals surface area contributed by atoms with Crippen molar-refractivity contribution in [2.45, 2.75) is 5.85 Å². The fourth-order valence-corrected chi connectivity index (χ4v) is 0.767. The van der Waals surface area contributed by atoms with E-state index < -0.39 is 5.85 Å². The normalized spacial score (nSPS) is 11.5. The molecule has 1 aromatic carbocycles. The van der Waals surface area contributed by atoms with Gasteiger partial charge in [-0.25, -0.2) is 5.90 Å². The first-order valence-corrected chi connectivity index (χ1v) is 3.18. The van der Waals surface area contributed by atoms with Crippen LogP contribution in [-0.4, -0.2) is 0 Å². The van der Waals surface area contributed by atoms with Crippen LogP contribution in [0.25, 0.3) is 0 Å². The van der Waals surface area contributed by atoms with Crippen molar-refractivity contribution in [3.63, 3.8) is 0 Å². The van der Waals surface area contributed by atoms with Crippen LogP contribution in [0.2, 0.25) is 0 Å². The Labute approximate surface area is 64.9 Å². The van der Waals surface area contributed by atoms with Crippen molar-refractivity contribution >= 4 is 0 Å². The molecule has 0 unspecified atom stereocenters. The number of rotatable bonds is 2. The van der Waals surface area contributed by atoms with Crippen molar-refractivity contribution in [1.82, 2.24) is 0 Å². The van der Waals surface area contributed by atoms with Crippen molar-refractivity contribution in [1.29, 1.82) is 0 Å². The molecule has 0 radical (unpaired) electrons. The molecular formula is C7H11N3O. The van der Waals surface area contributed by atoms with Crippen molar-refractivity contribution < 1.29 is 4.84 Å². The molecular weight excluding hydrogens is 142 g/mol. The summed E-state index contributed by atoms with van der Waals surface area (Å²) in [7, 11) is 0. The van der Waals surface area contributed by atoms with Gasteiger partial charge in [-0.15, -0.1) is 0 Å². The van der Waals surface area contributed by atoms with Crippen LogP contribution in [0.5, 0.6) is 0 Å². The maximum atomic E-state index is 5.47. The molecule has 60 valence electrons. The molecule has 0 atom stereocenters. The molecule has 0 saturated heterocycles. The van der Waals surface area contributed by atoms with Crippen LogP contribution >= 0.6 is 0 Å². The summed E-state index contributed by atoms with van der Waals surface area (Å²) < 4.78 is 0. The van der Waals surface area contributed by atoms with Crippen LogP contribution in [0.4, 0.5) is 0 Å². The molecule has 0 aliphatic carbocycles. The average molecular weight is 153 g/mol. The molecule has 0 aliphatic heterocycles. The SMILES string of the molecule is NOC(N)(N)c1ccccc1. The topological polar surface area (TPSA) is 87.3 Å². The Morgan fingerprint density at radius 1 is 1.09 bits per heavy atom. The van der Waals surface area contributed by atoms with Gasteiger partial charge in [0.05, 0.1) is 0 Å². The van der Waals surface area contributed by atoms with Gasteiger partial charge in [-0.3, -0.25) is 16.3 Å². The molecule has 0 amide bonds. The van der Waals surface area contributed by atoms with Gasteiger partial charge in [0.1, 0.15) is 0 Å². The molecule has 6 N–H and O–H groups in total. The molecule has 4 heteroatoms. The first-order valence-electron chi connectivity index (χ1n) is 3.18. The fraction of sp³-hybridized carbons (Fsp3) is 0.143. The molecule has 0 bridgehead atoms. The van der Waals surface area contributed by atoms with Gasteiger partial charge in [0.15, 0.2) is 0 Å². The van der Waals surface area contributed by atoms with Gasteiger partial charge >= 0.3 is 0 Å². The summed E-state index contributed by atoms with van der Waals surface area (Å²) in [5.41, 5.74) is 11.6. The lowest BCUT2D eigenvalue weighted by molar-refractivity contribution is -0.0442. The molecule has 0 spiro atoms. The Kier molecular flexibility index (Phi) is 2.21. The molecule has 4 nitrogen and oxygen atoms in total. The standard InChI is InChI=1S/C7H11N3O/c8-7(9,11-10)6-4-2-1-3-5-6/h1-5H,8-10H2. The molecule has 1 aromatic rings. The Balaban J connectivity index is 2.93. The quantitative estimate of drug-likeness (QED) is 0.398. The predicted molar refractivity (Wildman–Crippen MR) is 41.8 cm³/mol. The van der Waals surface area contributed by atoms with Crippen molar-refractivity contribution in [3.05, 3.63) is 35.9 Å². The first kappa shape index (κ1) is 8.16. The summed E-state index contributed by atoms with van der Waals surface area (Å²) in [6.45, 7) is 0. The monoisotopic (exact) mass is 153 g/mol. The van der Waals surface area contributed by atoms with Gasteiger partial charge < -0.3 is 0 Å². The zero-order valence-electron chi connectivity index (χ0n) is 6.03. The van der Waals surface area contributed by atoms with E-state index in [1.165, 1.54) is 0 Å². The van der Waals surface area contributed by atoms with Gasteiger partial charge in [0.25, 0.3) is 0 Å². The molecule has 0 heterocycles. The average Bonchev–Trinajstić information content (AvgIpc) is 2.06. The van der Waals surface area contributed by atoms with E-state index in [9.17, 15) is 0 Å². The minimum Gasteiger partial charge on any atom is -0.285 e. The minimum absolute atomic E-state index is 0.641. The van der Waals surface area contributed by atoms with Crippen molar-refractivity contribution in [2.24, 2.45) is 17.4 Å². The number of nitrogens with two attached hydrogens (primary N) is 3. The van der Waals surface area contributed by atoms with Crippen LogP contribution in [0.3, 0.4) is 0 Å². The van der Waals surface area contributed by atoms with E-state index in [4.69, 9.17) is 17.4 Å². The van der Waals surface area contributed by atoms with E-state index in [0.717, 1.165) is 0 Å². The summed E-state index contributed by atoms with van der Waals surface area (Å²) in [5, 5.41) is 0. The highest BCUT2D eigenvalue weighted by Crippen LogP contribution is 2.10.